The molecule has 0 aliphatic carbocycles. The van der Waals surface area contributed by atoms with Gasteiger partial charge in [0.25, 0.3) is 11.8 Å². The highest BCUT2D eigenvalue weighted by atomic mass is 16.5. The number of aryl methyl sites for hydroxylation is 1. The van der Waals surface area contributed by atoms with E-state index in [1.807, 2.05) is 31.2 Å². The van der Waals surface area contributed by atoms with Crippen LogP contribution in [-0.2, 0) is 9.53 Å². The molecule has 1 aliphatic heterocycles. The van der Waals surface area contributed by atoms with Crippen LogP contribution in [0.1, 0.15) is 15.9 Å². The van der Waals surface area contributed by atoms with E-state index in [4.69, 9.17) is 9.47 Å². The summed E-state index contributed by atoms with van der Waals surface area (Å²) in [4.78, 5) is 26.1. The average Bonchev–Trinajstić information content (AvgIpc) is 2.67. The highest BCUT2D eigenvalue weighted by molar-refractivity contribution is 5.94. The van der Waals surface area contributed by atoms with Crippen LogP contribution in [0.15, 0.2) is 48.5 Å². The van der Waals surface area contributed by atoms with E-state index in [0.717, 1.165) is 11.3 Å². The molecule has 1 heterocycles. The van der Waals surface area contributed by atoms with Crippen LogP contribution in [0.3, 0.4) is 0 Å². The standard InChI is InChI=1S/C20H22N2O4/c1-15-3-2-4-17(13-15)21-19(23)14-26-18-7-5-16(6-8-18)20(24)22-9-11-25-12-10-22/h2-8,13H,9-12,14H2,1H3,(H,21,23). The fourth-order valence-electron chi connectivity index (χ4n) is 2.71. The second-order valence-corrected chi connectivity index (χ2v) is 6.14. The van der Waals surface area contributed by atoms with Gasteiger partial charge in [0.05, 0.1) is 13.2 Å². The predicted molar refractivity (Wildman–Crippen MR) is 98.5 cm³/mol. The number of morpholine rings is 1. The molecule has 1 aliphatic rings. The molecule has 2 amide bonds. The maximum absolute atomic E-state index is 12.4. The third-order valence-electron chi connectivity index (χ3n) is 4.07. The van der Waals surface area contributed by atoms with E-state index in [9.17, 15) is 9.59 Å². The van der Waals surface area contributed by atoms with Gasteiger partial charge >= 0.3 is 0 Å². The van der Waals surface area contributed by atoms with Crippen molar-refractivity contribution in [2.75, 3.05) is 38.2 Å². The summed E-state index contributed by atoms with van der Waals surface area (Å²) in [5.74, 6) is 0.295. The minimum atomic E-state index is -0.232. The molecular weight excluding hydrogens is 332 g/mol. The summed E-state index contributed by atoms with van der Waals surface area (Å²) < 4.78 is 10.8. The molecule has 6 nitrogen and oxygen atoms in total. The molecule has 0 unspecified atom stereocenters. The van der Waals surface area contributed by atoms with Crippen molar-refractivity contribution in [1.29, 1.82) is 0 Å². The summed E-state index contributed by atoms with van der Waals surface area (Å²) >= 11 is 0. The van der Waals surface area contributed by atoms with Gasteiger partial charge in [-0.15, -0.1) is 0 Å². The van der Waals surface area contributed by atoms with Crippen LogP contribution < -0.4 is 10.1 Å². The van der Waals surface area contributed by atoms with Gasteiger partial charge in [-0.2, -0.15) is 0 Å². The lowest BCUT2D eigenvalue weighted by Gasteiger charge is -2.26. The van der Waals surface area contributed by atoms with Crippen molar-refractivity contribution in [3.63, 3.8) is 0 Å². The fourth-order valence-corrected chi connectivity index (χ4v) is 2.71. The largest absolute Gasteiger partial charge is 0.484 e. The zero-order valence-electron chi connectivity index (χ0n) is 14.7. The molecule has 136 valence electrons. The molecule has 0 aromatic heterocycles. The molecule has 2 aromatic carbocycles. The van der Waals surface area contributed by atoms with Crippen LogP contribution in [0.2, 0.25) is 0 Å². The highest BCUT2D eigenvalue weighted by Gasteiger charge is 2.18. The second-order valence-electron chi connectivity index (χ2n) is 6.14. The minimum Gasteiger partial charge on any atom is -0.484 e. The van der Waals surface area contributed by atoms with Gasteiger partial charge in [-0.05, 0) is 48.9 Å². The lowest BCUT2D eigenvalue weighted by Crippen LogP contribution is -2.40. The van der Waals surface area contributed by atoms with Crippen molar-refractivity contribution in [3.8, 4) is 5.75 Å². The van der Waals surface area contributed by atoms with Crippen LogP contribution in [0.5, 0.6) is 5.75 Å². The molecule has 3 rings (SSSR count). The number of anilines is 1. The van der Waals surface area contributed by atoms with Gasteiger partial charge < -0.3 is 19.7 Å². The van der Waals surface area contributed by atoms with E-state index in [1.165, 1.54) is 0 Å². The fraction of sp³-hybridized carbons (Fsp3) is 0.300. The van der Waals surface area contributed by atoms with Crippen molar-refractivity contribution < 1.29 is 19.1 Å². The Labute approximate surface area is 152 Å². The first-order valence-electron chi connectivity index (χ1n) is 8.58. The maximum Gasteiger partial charge on any atom is 0.262 e. The lowest BCUT2D eigenvalue weighted by molar-refractivity contribution is -0.118. The van der Waals surface area contributed by atoms with Crippen molar-refractivity contribution in [2.45, 2.75) is 6.92 Å². The first-order valence-corrected chi connectivity index (χ1v) is 8.58. The summed E-state index contributed by atoms with van der Waals surface area (Å²) in [6.07, 6.45) is 0. The minimum absolute atomic E-state index is 0.0166. The predicted octanol–water partition coefficient (Wildman–Crippen LogP) is 2.48. The molecule has 1 N–H and O–H groups in total. The van der Waals surface area contributed by atoms with E-state index in [1.54, 1.807) is 29.2 Å². The van der Waals surface area contributed by atoms with Gasteiger partial charge in [0.2, 0.25) is 0 Å². The molecule has 2 aromatic rings. The Morgan fingerprint density at radius 2 is 1.85 bits per heavy atom. The smallest absolute Gasteiger partial charge is 0.262 e. The zero-order chi connectivity index (χ0) is 18.4. The Morgan fingerprint density at radius 3 is 2.54 bits per heavy atom. The van der Waals surface area contributed by atoms with Crippen molar-refractivity contribution in [3.05, 3.63) is 59.7 Å². The summed E-state index contributed by atoms with van der Waals surface area (Å²) in [6, 6.07) is 14.4. The highest BCUT2D eigenvalue weighted by Crippen LogP contribution is 2.15. The first-order chi connectivity index (χ1) is 12.6. The molecular formula is C20H22N2O4. The zero-order valence-corrected chi connectivity index (χ0v) is 14.7. The van der Waals surface area contributed by atoms with Gasteiger partial charge in [0, 0.05) is 24.3 Å². The summed E-state index contributed by atoms with van der Waals surface area (Å²) in [7, 11) is 0. The Kier molecular flexibility index (Phi) is 5.86. The molecule has 1 fully saturated rings. The molecule has 1 saturated heterocycles. The molecule has 0 atom stereocenters. The summed E-state index contributed by atoms with van der Waals surface area (Å²) in [6.45, 7) is 4.23. The second kappa shape index (κ2) is 8.49. The van der Waals surface area contributed by atoms with Crippen LogP contribution >= 0.6 is 0 Å². The number of rotatable bonds is 5. The monoisotopic (exact) mass is 354 g/mol. The lowest BCUT2D eigenvalue weighted by atomic mass is 10.2. The first kappa shape index (κ1) is 17.9. The summed E-state index contributed by atoms with van der Waals surface area (Å²) in [5.41, 5.74) is 2.41. The van der Waals surface area contributed by atoms with E-state index < -0.39 is 0 Å². The normalized spacial score (nSPS) is 14.0. The Hall–Kier alpha value is -2.86. The number of benzene rings is 2. The van der Waals surface area contributed by atoms with Gasteiger partial charge in [-0.25, -0.2) is 0 Å². The van der Waals surface area contributed by atoms with Crippen molar-refractivity contribution in [1.82, 2.24) is 4.90 Å². The molecule has 0 spiro atoms. The molecule has 0 bridgehead atoms. The quantitative estimate of drug-likeness (QED) is 0.896. The van der Waals surface area contributed by atoms with E-state index in [0.29, 0.717) is 37.6 Å². The number of ether oxygens (including phenoxy) is 2. The summed E-state index contributed by atoms with van der Waals surface area (Å²) in [5, 5.41) is 2.79. The molecule has 6 heteroatoms. The number of hydrogen-bond acceptors (Lipinski definition) is 4. The van der Waals surface area contributed by atoms with Crippen molar-refractivity contribution in [2.24, 2.45) is 0 Å². The topological polar surface area (TPSA) is 67.9 Å². The van der Waals surface area contributed by atoms with Crippen LogP contribution in [0.4, 0.5) is 5.69 Å². The number of nitrogens with one attached hydrogen (secondary N) is 1. The van der Waals surface area contributed by atoms with Crippen molar-refractivity contribution >= 4 is 17.5 Å². The van der Waals surface area contributed by atoms with Crippen LogP contribution in [0.25, 0.3) is 0 Å². The molecule has 0 saturated carbocycles. The third kappa shape index (κ3) is 4.83. The van der Waals surface area contributed by atoms with E-state index in [-0.39, 0.29) is 18.4 Å². The molecule has 0 radical (unpaired) electrons. The molecule has 26 heavy (non-hydrogen) atoms. The third-order valence-corrected chi connectivity index (χ3v) is 4.07. The number of carbonyl (C=O) groups excluding carboxylic acids is 2. The average molecular weight is 354 g/mol. The Morgan fingerprint density at radius 1 is 1.12 bits per heavy atom. The SMILES string of the molecule is Cc1cccc(NC(=O)COc2ccc(C(=O)N3CCOCC3)cc2)c1. The number of nitrogens with zero attached hydrogens (tertiary/aromatic N) is 1. The van der Waals surface area contributed by atoms with Crippen LogP contribution in [0, 0.1) is 6.92 Å². The Balaban J connectivity index is 1.51. The van der Waals surface area contributed by atoms with E-state index in [2.05, 4.69) is 5.32 Å². The van der Waals surface area contributed by atoms with Gasteiger partial charge in [-0.1, -0.05) is 12.1 Å². The van der Waals surface area contributed by atoms with Gasteiger partial charge in [-0.3, -0.25) is 9.59 Å². The number of carbonyl (C=O) groups is 2. The van der Waals surface area contributed by atoms with Gasteiger partial charge in [0.15, 0.2) is 6.61 Å². The number of amides is 2. The van der Waals surface area contributed by atoms with E-state index >= 15 is 0 Å². The van der Waals surface area contributed by atoms with Crippen LogP contribution in [-0.4, -0.2) is 49.6 Å². The Bertz CT molecular complexity index is 768. The number of hydrogen-bond donors (Lipinski definition) is 1. The maximum atomic E-state index is 12.4. The van der Waals surface area contributed by atoms with Gasteiger partial charge in [0.1, 0.15) is 5.75 Å².